The Morgan fingerprint density at radius 3 is 2.09 bits per heavy atom. The normalized spacial score (nSPS) is 12.5. The number of benzene rings is 2. The second-order valence-corrected chi connectivity index (χ2v) is 11.3. The smallest absolute Gasteiger partial charge is 0.244 e. The van der Waals surface area contributed by atoms with Gasteiger partial charge in [0.1, 0.15) is 12.6 Å². The second kappa shape index (κ2) is 11.5. The van der Waals surface area contributed by atoms with Crippen LogP contribution in [0.15, 0.2) is 48.5 Å². The fourth-order valence-electron chi connectivity index (χ4n) is 3.63. The molecule has 0 saturated carbocycles. The van der Waals surface area contributed by atoms with Gasteiger partial charge in [0.15, 0.2) is 0 Å². The van der Waals surface area contributed by atoms with E-state index in [4.69, 9.17) is 0 Å². The molecule has 0 heterocycles. The highest BCUT2D eigenvalue weighted by atomic mass is 32.2. The number of anilines is 1. The lowest BCUT2D eigenvalue weighted by atomic mass is 10.0. The minimum Gasteiger partial charge on any atom is -0.352 e. The zero-order valence-corrected chi connectivity index (χ0v) is 22.0. The largest absolute Gasteiger partial charge is 0.352 e. The van der Waals surface area contributed by atoms with E-state index in [-0.39, 0.29) is 18.5 Å². The number of hydrogen-bond acceptors (Lipinski definition) is 4. The van der Waals surface area contributed by atoms with E-state index in [0.29, 0.717) is 11.6 Å². The lowest BCUT2D eigenvalue weighted by Crippen LogP contribution is -2.52. The van der Waals surface area contributed by atoms with E-state index in [1.807, 2.05) is 57.2 Å². The van der Waals surface area contributed by atoms with Gasteiger partial charge in [0.2, 0.25) is 21.8 Å². The Bertz CT molecular complexity index is 1100. The lowest BCUT2D eigenvalue weighted by molar-refractivity contribution is -0.139. The molecule has 0 radical (unpaired) electrons. The summed E-state index contributed by atoms with van der Waals surface area (Å²) in [7, 11) is -3.74. The Labute approximate surface area is 204 Å². The van der Waals surface area contributed by atoms with Gasteiger partial charge in [-0.3, -0.25) is 13.9 Å². The van der Waals surface area contributed by atoms with E-state index < -0.39 is 28.5 Å². The van der Waals surface area contributed by atoms with Crippen molar-refractivity contribution in [2.24, 2.45) is 0 Å². The van der Waals surface area contributed by atoms with Crippen molar-refractivity contribution in [1.29, 1.82) is 0 Å². The highest BCUT2D eigenvalue weighted by Crippen LogP contribution is 2.23. The summed E-state index contributed by atoms with van der Waals surface area (Å²) in [6.45, 7) is 11.2. The Balaban J connectivity index is 2.38. The number of carbonyl (C=O) groups excluding carboxylic acids is 2. The van der Waals surface area contributed by atoms with Crippen LogP contribution in [-0.2, 0) is 26.2 Å². The molecular formula is C26H37N3O4S. The molecule has 186 valence electrons. The summed E-state index contributed by atoms with van der Waals surface area (Å²) in [5.74, 6) is -0.443. The van der Waals surface area contributed by atoms with E-state index in [1.165, 1.54) is 4.90 Å². The third kappa shape index (κ3) is 7.58. The van der Waals surface area contributed by atoms with Gasteiger partial charge in [-0.15, -0.1) is 0 Å². The van der Waals surface area contributed by atoms with Crippen LogP contribution in [-0.4, -0.2) is 50.0 Å². The number of hydrogen-bond donors (Lipinski definition) is 1. The van der Waals surface area contributed by atoms with E-state index >= 15 is 0 Å². The predicted octanol–water partition coefficient (Wildman–Crippen LogP) is 3.83. The van der Waals surface area contributed by atoms with E-state index in [0.717, 1.165) is 27.3 Å². The van der Waals surface area contributed by atoms with Crippen molar-refractivity contribution in [2.75, 3.05) is 17.1 Å². The van der Waals surface area contributed by atoms with E-state index in [1.54, 1.807) is 19.1 Å². The Morgan fingerprint density at radius 1 is 0.971 bits per heavy atom. The van der Waals surface area contributed by atoms with Crippen molar-refractivity contribution in [2.45, 2.75) is 66.1 Å². The molecule has 8 heteroatoms. The standard InChI is InChI=1S/C26H37N3O4S/c1-18(2)23-11-13-24(14-12-23)29(34(7,32)33)17-25(30)28(21(6)26(31)27-19(3)4)16-22-10-8-9-20(5)15-22/h8-15,18-19,21H,16-17H2,1-7H3,(H,27,31)/t21-/m0/s1. The first-order valence-electron chi connectivity index (χ1n) is 11.5. The summed E-state index contributed by atoms with van der Waals surface area (Å²) >= 11 is 0. The van der Waals surface area contributed by atoms with Gasteiger partial charge in [0.05, 0.1) is 11.9 Å². The van der Waals surface area contributed by atoms with Gasteiger partial charge in [0.25, 0.3) is 0 Å². The van der Waals surface area contributed by atoms with Crippen molar-refractivity contribution in [3.63, 3.8) is 0 Å². The van der Waals surface area contributed by atoms with Gasteiger partial charge in [0, 0.05) is 12.6 Å². The summed E-state index contributed by atoms with van der Waals surface area (Å²) in [6.07, 6.45) is 1.08. The fraction of sp³-hybridized carbons (Fsp3) is 0.462. The minimum atomic E-state index is -3.74. The van der Waals surface area contributed by atoms with Crippen LogP contribution in [0.3, 0.4) is 0 Å². The first-order valence-corrected chi connectivity index (χ1v) is 13.4. The van der Waals surface area contributed by atoms with Crippen LogP contribution in [0.1, 0.15) is 57.2 Å². The molecule has 0 aliphatic carbocycles. The van der Waals surface area contributed by atoms with Crippen molar-refractivity contribution >= 4 is 27.5 Å². The molecule has 0 aliphatic rings. The Morgan fingerprint density at radius 2 is 1.59 bits per heavy atom. The van der Waals surface area contributed by atoms with Crippen molar-refractivity contribution in [1.82, 2.24) is 10.2 Å². The summed E-state index contributed by atoms with van der Waals surface area (Å²) in [5, 5.41) is 2.84. The maximum absolute atomic E-state index is 13.5. The quantitative estimate of drug-likeness (QED) is 0.552. The molecule has 0 saturated heterocycles. The van der Waals surface area contributed by atoms with Crippen LogP contribution in [0.5, 0.6) is 0 Å². The molecule has 34 heavy (non-hydrogen) atoms. The maximum Gasteiger partial charge on any atom is 0.244 e. The number of carbonyl (C=O) groups is 2. The van der Waals surface area contributed by atoms with Gasteiger partial charge < -0.3 is 10.2 Å². The van der Waals surface area contributed by atoms with Crippen LogP contribution < -0.4 is 9.62 Å². The number of aryl methyl sites for hydroxylation is 1. The lowest BCUT2D eigenvalue weighted by Gasteiger charge is -2.32. The molecule has 2 aromatic rings. The highest BCUT2D eigenvalue weighted by molar-refractivity contribution is 7.92. The number of nitrogens with zero attached hydrogens (tertiary/aromatic N) is 2. The van der Waals surface area contributed by atoms with Gasteiger partial charge in [-0.2, -0.15) is 0 Å². The van der Waals surface area contributed by atoms with Crippen molar-refractivity contribution < 1.29 is 18.0 Å². The third-order valence-electron chi connectivity index (χ3n) is 5.56. The molecule has 0 aromatic heterocycles. The van der Waals surface area contributed by atoms with Crippen LogP contribution in [0, 0.1) is 6.92 Å². The summed E-state index contributed by atoms with van der Waals surface area (Å²) in [5.41, 5.74) is 3.38. The SMILES string of the molecule is Cc1cccc(CN(C(=O)CN(c2ccc(C(C)C)cc2)S(C)(=O)=O)[C@@H](C)C(=O)NC(C)C)c1. The van der Waals surface area contributed by atoms with Gasteiger partial charge >= 0.3 is 0 Å². The molecule has 2 aromatic carbocycles. The number of amides is 2. The van der Waals surface area contributed by atoms with Crippen molar-refractivity contribution in [3.05, 3.63) is 65.2 Å². The first-order chi connectivity index (χ1) is 15.8. The molecule has 0 spiro atoms. The molecule has 1 atom stereocenters. The topological polar surface area (TPSA) is 86.8 Å². The average Bonchev–Trinajstić information content (AvgIpc) is 2.74. The summed E-state index contributed by atoms with van der Waals surface area (Å²) in [6, 6.07) is 14.0. The molecular weight excluding hydrogens is 450 g/mol. The molecule has 2 amide bonds. The average molecular weight is 488 g/mol. The van der Waals surface area contributed by atoms with Crippen LogP contribution in [0.4, 0.5) is 5.69 Å². The third-order valence-corrected chi connectivity index (χ3v) is 6.70. The highest BCUT2D eigenvalue weighted by Gasteiger charge is 2.30. The van der Waals surface area contributed by atoms with Gasteiger partial charge in [-0.25, -0.2) is 8.42 Å². The van der Waals surface area contributed by atoms with Crippen molar-refractivity contribution in [3.8, 4) is 0 Å². The molecule has 0 bridgehead atoms. The molecule has 1 N–H and O–H groups in total. The molecule has 0 aliphatic heterocycles. The summed E-state index contributed by atoms with van der Waals surface area (Å²) in [4.78, 5) is 27.7. The molecule has 7 nitrogen and oxygen atoms in total. The van der Waals surface area contributed by atoms with Crippen LogP contribution in [0.25, 0.3) is 0 Å². The van der Waals surface area contributed by atoms with Gasteiger partial charge in [-0.1, -0.05) is 55.8 Å². The molecule has 2 rings (SSSR count). The van der Waals surface area contributed by atoms with Crippen LogP contribution in [0.2, 0.25) is 0 Å². The van der Waals surface area contributed by atoms with Gasteiger partial charge in [-0.05, 0) is 56.9 Å². The first kappa shape index (κ1) is 27.4. The zero-order chi connectivity index (χ0) is 25.6. The van der Waals surface area contributed by atoms with Crippen LogP contribution >= 0.6 is 0 Å². The second-order valence-electron chi connectivity index (χ2n) is 9.37. The molecule has 0 fully saturated rings. The van der Waals surface area contributed by atoms with E-state index in [9.17, 15) is 18.0 Å². The monoisotopic (exact) mass is 487 g/mol. The Hall–Kier alpha value is -2.87. The van der Waals surface area contributed by atoms with E-state index in [2.05, 4.69) is 19.2 Å². The Kier molecular flexibility index (Phi) is 9.27. The summed E-state index contributed by atoms with van der Waals surface area (Å²) < 4.78 is 26.4. The maximum atomic E-state index is 13.5. The minimum absolute atomic E-state index is 0.0853. The molecule has 0 unspecified atom stereocenters. The number of nitrogens with one attached hydrogen (secondary N) is 1. The zero-order valence-electron chi connectivity index (χ0n) is 21.2. The predicted molar refractivity (Wildman–Crippen MR) is 137 cm³/mol. The fourth-order valence-corrected chi connectivity index (χ4v) is 4.48. The number of rotatable bonds is 10. The number of sulfonamides is 1.